The molecule has 2 aliphatic heterocycles. The maximum atomic E-state index is 10.9. The summed E-state index contributed by atoms with van der Waals surface area (Å²) >= 11 is 0. The van der Waals surface area contributed by atoms with Gasteiger partial charge < -0.3 is 10.2 Å². The summed E-state index contributed by atoms with van der Waals surface area (Å²) in [6.45, 7) is 7.36. The predicted molar refractivity (Wildman–Crippen MR) is 79.1 cm³/mol. The second kappa shape index (κ2) is 4.71. The molecule has 2 aliphatic rings. The molecule has 6 heteroatoms. The Hall–Kier alpha value is -2.13. The van der Waals surface area contributed by atoms with Crippen LogP contribution in [0.2, 0.25) is 0 Å². The Morgan fingerprint density at radius 1 is 1.48 bits per heavy atom. The van der Waals surface area contributed by atoms with Crippen LogP contribution in [0.3, 0.4) is 0 Å². The summed E-state index contributed by atoms with van der Waals surface area (Å²) in [4.78, 5) is 12.7. The van der Waals surface area contributed by atoms with E-state index in [9.17, 15) is 10.1 Å². The molecular formula is C15H18N4O2. The lowest BCUT2D eigenvalue weighted by atomic mass is 9.84. The molecule has 2 unspecified atom stereocenters. The predicted octanol–water partition coefficient (Wildman–Crippen LogP) is 1.90. The van der Waals surface area contributed by atoms with Gasteiger partial charge in [0.2, 0.25) is 0 Å². The minimum atomic E-state index is -0.504. The topological polar surface area (TPSA) is 82.2 Å². The summed E-state index contributed by atoms with van der Waals surface area (Å²) in [5.41, 5.74) is 0.886. The molecule has 0 radical (unpaired) electrons. The molecule has 6 nitrogen and oxygen atoms in total. The first kappa shape index (κ1) is 13.8. The zero-order valence-electron chi connectivity index (χ0n) is 12.2. The van der Waals surface area contributed by atoms with Gasteiger partial charge in [-0.2, -0.15) is 5.26 Å². The van der Waals surface area contributed by atoms with Crippen molar-refractivity contribution in [1.29, 1.82) is 5.26 Å². The molecule has 2 fully saturated rings. The number of nitro groups is 1. The smallest absolute Gasteiger partial charge is 0.287 e. The lowest BCUT2D eigenvalue weighted by molar-refractivity contribution is -0.385. The van der Waals surface area contributed by atoms with E-state index in [1.807, 2.05) is 6.07 Å². The highest BCUT2D eigenvalue weighted by molar-refractivity contribution is 5.61. The molecule has 2 atom stereocenters. The third-order valence-corrected chi connectivity index (χ3v) is 4.97. The molecule has 0 aromatic heterocycles. The van der Waals surface area contributed by atoms with Crippen molar-refractivity contribution >= 4 is 11.4 Å². The van der Waals surface area contributed by atoms with E-state index in [1.54, 1.807) is 12.1 Å². The maximum absolute atomic E-state index is 10.9. The number of nitro benzene ring substituents is 1. The number of nitrogens with one attached hydrogen (secondary N) is 1. The van der Waals surface area contributed by atoms with Crippen molar-refractivity contribution in [3.63, 3.8) is 0 Å². The SMILES string of the molecule is CC1(C)C2CNCC2CN1c1ccc([N+](=O)[O-])c(C#N)c1. The third kappa shape index (κ3) is 2.05. The number of anilines is 1. The molecule has 21 heavy (non-hydrogen) atoms. The molecule has 2 heterocycles. The van der Waals surface area contributed by atoms with Gasteiger partial charge in [-0.3, -0.25) is 10.1 Å². The van der Waals surface area contributed by atoms with Gasteiger partial charge in [0.25, 0.3) is 5.69 Å². The van der Waals surface area contributed by atoms with Crippen molar-refractivity contribution in [3.8, 4) is 6.07 Å². The van der Waals surface area contributed by atoms with E-state index in [4.69, 9.17) is 5.26 Å². The van der Waals surface area contributed by atoms with Crippen LogP contribution in [-0.4, -0.2) is 30.1 Å². The first-order chi connectivity index (χ1) is 9.95. The van der Waals surface area contributed by atoms with E-state index in [0.29, 0.717) is 11.8 Å². The number of hydrogen-bond acceptors (Lipinski definition) is 5. The first-order valence-electron chi connectivity index (χ1n) is 7.12. The molecule has 1 aromatic carbocycles. The van der Waals surface area contributed by atoms with Gasteiger partial charge >= 0.3 is 0 Å². The Morgan fingerprint density at radius 2 is 2.24 bits per heavy atom. The monoisotopic (exact) mass is 286 g/mol. The van der Waals surface area contributed by atoms with Crippen LogP contribution < -0.4 is 10.2 Å². The minimum absolute atomic E-state index is 0.0168. The highest BCUT2D eigenvalue weighted by Crippen LogP contribution is 2.43. The molecule has 2 saturated heterocycles. The van der Waals surface area contributed by atoms with E-state index in [-0.39, 0.29) is 16.8 Å². The lowest BCUT2D eigenvalue weighted by Crippen LogP contribution is -2.44. The average molecular weight is 286 g/mol. The second-order valence-electron chi connectivity index (χ2n) is 6.36. The fourth-order valence-electron chi connectivity index (χ4n) is 3.80. The average Bonchev–Trinajstić information content (AvgIpc) is 3.00. The maximum Gasteiger partial charge on any atom is 0.287 e. The number of rotatable bonds is 2. The molecule has 110 valence electrons. The third-order valence-electron chi connectivity index (χ3n) is 4.97. The molecule has 1 N–H and O–H groups in total. The van der Waals surface area contributed by atoms with Gasteiger partial charge in [0.15, 0.2) is 0 Å². The van der Waals surface area contributed by atoms with E-state index in [2.05, 4.69) is 24.1 Å². The quantitative estimate of drug-likeness (QED) is 0.663. The van der Waals surface area contributed by atoms with Crippen LogP contribution in [-0.2, 0) is 0 Å². The van der Waals surface area contributed by atoms with Gasteiger partial charge in [-0.1, -0.05) is 0 Å². The van der Waals surface area contributed by atoms with Gasteiger partial charge in [-0.25, -0.2) is 0 Å². The van der Waals surface area contributed by atoms with Gasteiger partial charge in [0, 0.05) is 36.9 Å². The van der Waals surface area contributed by atoms with Gasteiger partial charge in [-0.15, -0.1) is 0 Å². The Kier molecular flexibility index (Phi) is 3.10. The van der Waals surface area contributed by atoms with Crippen molar-refractivity contribution in [2.45, 2.75) is 19.4 Å². The molecule has 1 aromatic rings. The Bertz CT molecular complexity index is 635. The van der Waals surface area contributed by atoms with Crippen LogP contribution in [0.1, 0.15) is 19.4 Å². The van der Waals surface area contributed by atoms with E-state index < -0.39 is 4.92 Å². The molecule has 0 amide bonds. The van der Waals surface area contributed by atoms with Crippen LogP contribution in [0.5, 0.6) is 0 Å². The molecule has 0 spiro atoms. The molecule has 3 rings (SSSR count). The number of benzene rings is 1. The number of nitriles is 1. The summed E-state index contributed by atoms with van der Waals surface area (Å²) < 4.78 is 0. The highest BCUT2D eigenvalue weighted by Gasteiger charge is 2.49. The van der Waals surface area contributed by atoms with Gasteiger partial charge in [-0.05, 0) is 37.8 Å². The highest BCUT2D eigenvalue weighted by atomic mass is 16.6. The van der Waals surface area contributed by atoms with Crippen LogP contribution in [0.25, 0.3) is 0 Å². The number of fused-ring (bicyclic) bond motifs is 1. The lowest BCUT2D eigenvalue weighted by Gasteiger charge is -2.37. The minimum Gasteiger partial charge on any atom is -0.366 e. The molecule has 0 aliphatic carbocycles. The Balaban J connectivity index is 1.98. The van der Waals surface area contributed by atoms with Crippen molar-refractivity contribution in [2.24, 2.45) is 11.8 Å². The number of nitrogens with zero attached hydrogens (tertiary/aromatic N) is 3. The van der Waals surface area contributed by atoms with E-state index in [1.165, 1.54) is 6.07 Å². The second-order valence-corrected chi connectivity index (χ2v) is 6.36. The van der Waals surface area contributed by atoms with Crippen molar-refractivity contribution in [3.05, 3.63) is 33.9 Å². The van der Waals surface area contributed by atoms with Gasteiger partial charge in [0.05, 0.1) is 4.92 Å². The Morgan fingerprint density at radius 3 is 2.86 bits per heavy atom. The summed E-state index contributed by atoms with van der Waals surface area (Å²) in [5, 5.41) is 23.5. The fraction of sp³-hybridized carbons (Fsp3) is 0.533. The molecule has 0 bridgehead atoms. The van der Waals surface area contributed by atoms with E-state index >= 15 is 0 Å². The summed E-state index contributed by atoms with van der Waals surface area (Å²) in [5.74, 6) is 1.17. The van der Waals surface area contributed by atoms with Crippen molar-refractivity contribution in [2.75, 3.05) is 24.5 Å². The zero-order chi connectivity index (χ0) is 15.2. The zero-order valence-corrected chi connectivity index (χ0v) is 12.2. The first-order valence-corrected chi connectivity index (χ1v) is 7.12. The number of hydrogen-bond donors (Lipinski definition) is 1. The molecular weight excluding hydrogens is 268 g/mol. The van der Waals surface area contributed by atoms with E-state index in [0.717, 1.165) is 25.3 Å². The Labute approximate surface area is 123 Å². The van der Waals surface area contributed by atoms with Crippen molar-refractivity contribution in [1.82, 2.24) is 5.32 Å². The van der Waals surface area contributed by atoms with Crippen LogP contribution in [0.15, 0.2) is 18.2 Å². The van der Waals surface area contributed by atoms with Crippen LogP contribution in [0, 0.1) is 33.3 Å². The largest absolute Gasteiger partial charge is 0.366 e. The standard InChI is InChI=1S/C15H18N4O2/c1-15(2)13-8-17-7-11(13)9-18(15)12-3-4-14(19(20)21)10(5-12)6-16/h3-5,11,13,17H,7-9H2,1-2H3. The van der Waals surface area contributed by atoms with Gasteiger partial charge in [0.1, 0.15) is 11.6 Å². The fourth-order valence-corrected chi connectivity index (χ4v) is 3.80. The summed E-state index contributed by atoms with van der Waals surface area (Å²) in [6, 6.07) is 6.78. The molecule has 0 saturated carbocycles. The van der Waals surface area contributed by atoms with Crippen LogP contribution in [0.4, 0.5) is 11.4 Å². The van der Waals surface area contributed by atoms with Crippen molar-refractivity contribution < 1.29 is 4.92 Å². The normalized spacial score (nSPS) is 26.4. The summed E-state index contributed by atoms with van der Waals surface area (Å²) in [6.07, 6.45) is 0. The van der Waals surface area contributed by atoms with Crippen LogP contribution >= 0.6 is 0 Å². The summed E-state index contributed by atoms with van der Waals surface area (Å²) in [7, 11) is 0.